The molecule has 0 atom stereocenters. The number of carbonyl (C=O) groups excluding carboxylic acids is 2. The maximum Gasteiger partial charge on any atom is 0.320 e. The van der Waals surface area contributed by atoms with Gasteiger partial charge in [0, 0.05) is 12.6 Å². The van der Waals surface area contributed by atoms with E-state index in [0.717, 1.165) is 0 Å². The lowest BCUT2D eigenvalue weighted by molar-refractivity contribution is -0.142. The van der Waals surface area contributed by atoms with Crippen LogP contribution < -0.4 is 10.6 Å². The summed E-state index contributed by atoms with van der Waals surface area (Å²) in [5.41, 5.74) is 0. The molecule has 0 spiro atoms. The average Bonchev–Trinajstić information content (AvgIpc) is 2.70. The fraction of sp³-hybridized carbons (Fsp3) is 0.444. The highest BCUT2D eigenvalue weighted by atomic mass is 16.5. The Hall–Kier alpha value is -2.05. The second kappa shape index (κ2) is 6.44. The molecule has 0 aromatic carbocycles. The lowest BCUT2D eigenvalue weighted by atomic mass is 10.4. The van der Waals surface area contributed by atoms with Crippen molar-refractivity contribution in [2.24, 2.45) is 0 Å². The van der Waals surface area contributed by atoms with Gasteiger partial charge in [-0.2, -0.15) is 0 Å². The van der Waals surface area contributed by atoms with Gasteiger partial charge in [0.25, 0.3) is 0 Å². The molecule has 1 aromatic rings. The van der Waals surface area contributed by atoms with Gasteiger partial charge in [-0.1, -0.05) is 5.16 Å². The van der Waals surface area contributed by atoms with Gasteiger partial charge in [-0.05, 0) is 6.92 Å². The minimum Gasteiger partial charge on any atom is -0.466 e. The van der Waals surface area contributed by atoms with E-state index in [1.54, 1.807) is 6.92 Å². The predicted molar refractivity (Wildman–Crippen MR) is 54.8 cm³/mol. The SMILES string of the molecule is CCOC(=O)CCNC(=O)Nc1ccon1. The van der Waals surface area contributed by atoms with Crippen LogP contribution in [0.2, 0.25) is 0 Å². The van der Waals surface area contributed by atoms with Gasteiger partial charge in [0.05, 0.1) is 13.0 Å². The summed E-state index contributed by atoms with van der Waals surface area (Å²) >= 11 is 0. The number of esters is 1. The van der Waals surface area contributed by atoms with Crippen molar-refractivity contribution in [3.8, 4) is 0 Å². The maximum absolute atomic E-state index is 11.2. The van der Waals surface area contributed by atoms with Gasteiger partial charge in [-0.25, -0.2) is 4.79 Å². The van der Waals surface area contributed by atoms with Crippen LogP contribution in [-0.4, -0.2) is 30.3 Å². The lowest BCUT2D eigenvalue weighted by Crippen LogP contribution is -2.31. The van der Waals surface area contributed by atoms with Crippen LogP contribution in [0.25, 0.3) is 0 Å². The minimum atomic E-state index is -0.446. The first-order valence-corrected chi connectivity index (χ1v) is 4.83. The molecule has 0 saturated carbocycles. The summed E-state index contributed by atoms with van der Waals surface area (Å²) in [7, 11) is 0. The Balaban J connectivity index is 2.13. The fourth-order valence-electron chi connectivity index (χ4n) is 0.949. The number of ether oxygens (including phenoxy) is 1. The van der Waals surface area contributed by atoms with Gasteiger partial charge in [0.2, 0.25) is 0 Å². The number of urea groups is 1. The predicted octanol–water partition coefficient (Wildman–Crippen LogP) is 0.749. The Morgan fingerprint density at radius 3 is 3.00 bits per heavy atom. The minimum absolute atomic E-state index is 0.139. The number of nitrogens with one attached hydrogen (secondary N) is 2. The number of aromatic nitrogens is 1. The molecule has 7 nitrogen and oxygen atoms in total. The number of nitrogens with zero attached hydrogens (tertiary/aromatic N) is 1. The molecule has 0 bridgehead atoms. The van der Waals surface area contributed by atoms with E-state index in [2.05, 4.69) is 20.3 Å². The molecule has 0 fully saturated rings. The van der Waals surface area contributed by atoms with E-state index in [4.69, 9.17) is 4.74 Å². The summed E-state index contributed by atoms with van der Waals surface area (Å²) in [5.74, 6) is -0.0297. The van der Waals surface area contributed by atoms with Crippen LogP contribution in [0, 0.1) is 0 Å². The van der Waals surface area contributed by atoms with Gasteiger partial charge in [0.15, 0.2) is 5.82 Å². The van der Waals surface area contributed by atoms with Crippen LogP contribution in [0.1, 0.15) is 13.3 Å². The van der Waals surface area contributed by atoms with Crippen molar-refractivity contribution in [1.82, 2.24) is 10.5 Å². The molecule has 2 N–H and O–H groups in total. The van der Waals surface area contributed by atoms with E-state index in [1.165, 1.54) is 12.3 Å². The molecular formula is C9H13N3O4. The normalized spacial score (nSPS) is 9.56. The molecule has 0 aliphatic rings. The number of anilines is 1. The lowest BCUT2D eigenvalue weighted by Gasteiger charge is -2.04. The van der Waals surface area contributed by atoms with Gasteiger partial charge in [-0.3, -0.25) is 10.1 Å². The molecule has 16 heavy (non-hydrogen) atoms. The van der Waals surface area contributed by atoms with Crippen LogP contribution in [0.3, 0.4) is 0 Å². The standard InChI is InChI=1S/C9H13N3O4/c1-2-15-8(13)3-5-10-9(14)11-7-4-6-16-12-7/h4,6H,2-3,5H2,1H3,(H2,10,11,12,14). The van der Waals surface area contributed by atoms with E-state index in [9.17, 15) is 9.59 Å². The summed E-state index contributed by atoms with van der Waals surface area (Å²) in [4.78, 5) is 22.1. The maximum atomic E-state index is 11.2. The Bertz CT molecular complexity index is 337. The number of carbonyl (C=O) groups is 2. The molecule has 1 aromatic heterocycles. The summed E-state index contributed by atoms with van der Waals surface area (Å²) in [6, 6.07) is 1.06. The molecule has 1 heterocycles. The van der Waals surface area contributed by atoms with Crippen molar-refractivity contribution in [1.29, 1.82) is 0 Å². The van der Waals surface area contributed by atoms with Crippen molar-refractivity contribution in [3.05, 3.63) is 12.3 Å². The zero-order valence-electron chi connectivity index (χ0n) is 8.86. The van der Waals surface area contributed by atoms with Gasteiger partial charge < -0.3 is 14.6 Å². The Kier molecular flexibility index (Phi) is 4.84. The molecule has 0 radical (unpaired) electrons. The molecule has 7 heteroatoms. The zero-order chi connectivity index (χ0) is 11.8. The average molecular weight is 227 g/mol. The van der Waals surface area contributed by atoms with Crippen LogP contribution >= 0.6 is 0 Å². The summed E-state index contributed by atoms with van der Waals surface area (Å²) in [6.45, 7) is 2.27. The quantitative estimate of drug-likeness (QED) is 0.724. The van der Waals surface area contributed by atoms with Crippen molar-refractivity contribution < 1.29 is 18.8 Å². The monoisotopic (exact) mass is 227 g/mol. The van der Waals surface area contributed by atoms with Crippen LogP contribution in [0.4, 0.5) is 10.6 Å². The van der Waals surface area contributed by atoms with E-state index < -0.39 is 6.03 Å². The van der Waals surface area contributed by atoms with Gasteiger partial charge in [-0.15, -0.1) is 0 Å². The summed E-state index contributed by atoms with van der Waals surface area (Å²) in [6.07, 6.45) is 1.48. The first kappa shape index (κ1) is 12.0. The zero-order valence-corrected chi connectivity index (χ0v) is 8.86. The van der Waals surface area contributed by atoms with Crippen molar-refractivity contribution in [2.45, 2.75) is 13.3 Å². The second-order valence-corrected chi connectivity index (χ2v) is 2.82. The molecule has 0 aliphatic carbocycles. The van der Waals surface area contributed by atoms with Gasteiger partial charge in [0.1, 0.15) is 6.26 Å². The molecular weight excluding hydrogens is 214 g/mol. The highest BCUT2D eigenvalue weighted by Crippen LogP contribution is 1.99. The highest BCUT2D eigenvalue weighted by molar-refractivity contribution is 5.88. The summed E-state index contributed by atoms with van der Waals surface area (Å²) in [5, 5.41) is 8.39. The van der Waals surface area contributed by atoms with E-state index in [-0.39, 0.29) is 18.9 Å². The van der Waals surface area contributed by atoms with Crippen LogP contribution in [-0.2, 0) is 9.53 Å². The number of rotatable bonds is 5. The highest BCUT2D eigenvalue weighted by Gasteiger charge is 2.05. The third kappa shape index (κ3) is 4.45. The first-order chi connectivity index (χ1) is 7.72. The molecule has 0 aliphatic heterocycles. The second-order valence-electron chi connectivity index (χ2n) is 2.82. The van der Waals surface area contributed by atoms with Gasteiger partial charge >= 0.3 is 12.0 Å². The number of amides is 2. The number of hydrogen-bond donors (Lipinski definition) is 2. The molecule has 88 valence electrons. The van der Waals surface area contributed by atoms with Crippen molar-refractivity contribution >= 4 is 17.8 Å². The smallest absolute Gasteiger partial charge is 0.320 e. The first-order valence-electron chi connectivity index (χ1n) is 4.83. The third-order valence-electron chi connectivity index (χ3n) is 1.60. The van der Waals surface area contributed by atoms with E-state index in [0.29, 0.717) is 12.4 Å². The molecule has 0 unspecified atom stereocenters. The Labute approximate surface area is 92.1 Å². The van der Waals surface area contributed by atoms with Crippen LogP contribution in [0.15, 0.2) is 16.9 Å². The Morgan fingerprint density at radius 1 is 1.56 bits per heavy atom. The van der Waals surface area contributed by atoms with Crippen LogP contribution in [0.5, 0.6) is 0 Å². The third-order valence-corrected chi connectivity index (χ3v) is 1.60. The summed E-state index contributed by atoms with van der Waals surface area (Å²) < 4.78 is 9.21. The Morgan fingerprint density at radius 2 is 2.38 bits per heavy atom. The van der Waals surface area contributed by atoms with Crippen molar-refractivity contribution in [3.63, 3.8) is 0 Å². The fourth-order valence-corrected chi connectivity index (χ4v) is 0.949. The molecule has 0 saturated heterocycles. The topological polar surface area (TPSA) is 93.5 Å². The molecule has 1 rings (SSSR count). The number of hydrogen-bond acceptors (Lipinski definition) is 5. The van der Waals surface area contributed by atoms with E-state index in [1.807, 2.05) is 0 Å². The van der Waals surface area contributed by atoms with Crippen molar-refractivity contribution in [2.75, 3.05) is 18.5 Å². The largest absolute Gasteiger partial charge is 0.466 e. The van der Waals surface area contributed by atoms with E-state index >= 15 is 0 Å². The molecule has 2 amide bonds.